The molecule has 2 atom stereocenters. The van der Waals surface area contributed by atoms with Gasteiger partial charge in [0.15, 0.2) is 0 Å². The molecule has 102 valence electrons. The van der Waals surface area contributed by atoms with Gasteiger partial charge in [0.1, 0.15) is 0 Å². The van der Waals surface area contributed by atoms with Crippen molar-refractivity contribution in [2.45, 2.75) is 5.92 Å². The van der Waals surface area contributed by atoms with E-state index < -0.39 is 0 Å². The van der Waals surface area contributed by atoms with Gasteiger partial charge in [-0.25, -0.2) is 0 Å². The van der Waals surface area contributed by atoms with Crippen LogP contribution in [0.15, 0.2) is 24.5 Å². The Labute approximate surface area is 113 Å². The van der Waals surface area contributed by atoms with Gasteiger partial charge in [0.2, 0.25) is 5.91 Å². The fourth-order valence-electron chi connectivity index (χ4n) is 2.92. The highest BCUT2D eigenvalue weighted by Gasteiger charge is 2.36. The van der Waals surface area contributed by atoms with Gasteiger partial charge in [-0.2, -0.15) is 0 Å². The molecule has 1 amide bonds. The first-order valence-corrected chi connectivity index (χ1v) is 6.83. The molecule has 0 aromatic carbocycles. The summed E-state index contributed by atoms with van der Waals surface area (Å²) in [5.74, 6) is 0.564. The predicted molar refractivity (Wildman–Crippen MR) is 70.7 cm³/mol. The zero-order valence-corrected chi connectivity index (χ0v) is 10.9. The fraction of sp³-hybridized carbons (Fsp3) is 0.571. The molecule has 0 bridgehead atoms. The molecule has 2 aliphatic rings. The molecule has 3 heterocycles. The van der Waals surface area contributed by atoms with Crippen LogP contribution >= 0.6 is 0 Å². The summed E-state index contributed by atoms with van der Waals surface area (Å²) in [6.45, 7) is 4.39. The van der Waals surface area contributed by atoms with Crippen molar-refractivity contribution < 1.29 is 9.53 Å². The third kappa shape index (κ3) is 2.62. The molecule has 1 aromatic heterocycles. The van der Waals surface area contributed by atoms with Crippen LogP contribution in [0, 0.1) is 5.92 Å². The Bertz CT molecular complexity index is 432. The van der Waals surface area contributed by atoms with Crippen LogP contribution in [0.3, 0.4) is 0 Å². The number of rotatable bonds is 2. The number of nitrogens with one attached hydrogen (secondary N) is 1. The van der Waals surface area contributed by atoms with E-state index in [2.05, 4.69) is 10.3 Å². The quantitative estimate of drug-likeness (QED) is 0.829. The van der Waals surface area contributed by atoms with Crippen molar-refractivity contribution in [1.82, 2.24) is 15.2 Å². The molecular weight excluding hydrogens is 242 g/mol. The van der Waals surface area contributed by atoms with E-state index in [1.54, 1.807) is 12.4 Å². The van der Waals surface area contributed by atoms with E-state index in [0.29, 0.717) is 13.2 Å². The molecule has 1 unspecified atom stereocenters. The Morgan fingerprint density at radius 2 is 2.00 bits per heavy atom. The van der Waals surface area contributed by atoms with Crippen LogP contribution in [0.5, 0.6) is 0 Å². The van der Waals surface area contributed by atoms with E-state index in [-0.39, 0.29) is 17.7 Å². The average Bonchev–Trinajstić information content (AvgIpc) is 2.98. The van der Waals surface area contributed by atoms with Crippen LogP contribution in [-0.2, 0) is 9.53 Å². The lowest BCUT2D eigenvalue weighted by Crippen LogP contribution is -2.45. The minimum absolute atomic E-state index is 0.0421. The molecule has 1 aromatic rings. The Hall–Kier alpha value is -1.46. The number of pyridine rings is 1. The van der Waals surface area contributed by atoms with Crippen LogP contribution in [0.2, 0.25) is 0 Å². The molecule has 19 heavy (non-hydrogen) atoms. The van der Waals surface area contributed by atoms with Gasteiger partial charge in [0, 0.05) is 44.5 Å². The van der Waals surface area contributed by atoms with Crippen LogP contribution in [0.25, 0.3) is 0 Å². The number of nitrogens with zero attached hydrogens (tertiary/aromatic N) is 2. The molecule has 1 N–H and O–H groups in total. The molecule has 2 aliphatic heterocycles. The van der Waals surface area contributed by atoms with Crippen molar-refractivity contribution in [2.75, 3.05) is 39.4 Å². The summed E-state index contributed by atoms with van der Waals surface area (Å²) in [6, 6.07) is 4.02. The first-order chi connectivity index (χ1) is 9.36. The normalized spacial score (nSPS) is 27.5. The van der Waals surface area contributed by atoms with E-state index >= 15 is 0 Å². The standard InChI is InChI=1S/C14H19N3O2/c18-14(17-5-7-19-8-6-17)13-10-16-9-12(13)11-1-3-15-4-2-11/h1-4,12-13,16H,5-10H2/t12-,13?/m0/s1. The summed E-state index contributed by atoms with van der Waals surface area (Å²) >= 11 is 0. The van der Waals surface area contributed by atoms with Gasteiger partial charge in [0.25, 0.3) is 0 Å². The second kappa shape index (κ2) is 5.67. The molecule has 3 rings (SSSR count). The Balaban J connectivity index is 1.74. The lowest BCUT2D eigenvalue weighted by Gasteiger charge is -2.30. The Morgan fingerprint density at radius 1 is 1.26 bits per heavy atom. The second-order valence-electron chi connectivity index (χ2n) is 5.09. The minimum atomic E-state index is 0.0421. The van der Waals surface area contributed by atoms with Crippen LogP contribution in [0.4, 0.5) is 0 Å². The number of ether oxygens (including phenoxy) is 1. The Kier molecular flexibility index (Phi) is 3.75. The van der Waals surface area contributed by atoms with Gasteiger partial charge in [-0.1, -0.05) is 0 Å². The monoisotopic (exact) mass is 261 g/mol. The lowest BCUT2D eigenvalue weighted by atomic mass is 9.88. The number of carbonyl (C=O) groups is 1. The number of aromatic nitrogens is 1. The first-order valence-electron chi connectivity index (χ1n) is 6.83. The second-order valence-corrected chi connectivity index (χ2v) is 5.09. The van der Waals surface area contributed by atoms with Crippen LogP contribution in [-0.4, -0.2) is 55.2 Å². The summed E-state index contributed by atoms with van der Waals surface area (Å²) in [7, 11) is 0. The van der Waals surface area contributed by atoms with Gasteiger partial charge in [-0.3, -0.25) is 9.78 Å². The number of hydrogen-bond acceptors (Lipinski definition) is 4. The van der Waals surface area contributed by atoms with Gasteiger partial charge in [-0.05, 0) is 17.7 Å². The zero-order valence-electron chi connectivity index (χ0n) is 10.9. The van der Waals surface area contributed by atoms with Crippen molar-refractivity contribution in [2.24, 2.45) is 5.92 Å². The maximum absolute atomic E-state index is 12.6. The molecular formula is C14H19N3O2. The SMILES string of the molecule is O=C(C1CNC[C@H]1c1ccncc1)N1CCOCC1. The van der Waals surface area contributed by atoms with Gasteiger partial charge in [0.05, 0.1) is 19.1 Å². The van der Waals surface area contributed by atoms with Gasteiger partial charge in [-0.15, -0.1) is 0 Å². The van der Waals surface area contributed by atoms with Crippen molar-refractivity contribution in [3.63, 3.8) is 0 Å². The highest BCUT2D eigenvalue weighted by atomic mass is 16.5. The summed E-state index contributed by atoms with van der Waals surface area (Å²) in [5, 5.41) is 3.34. The van der Waals surface area contributed by atoms with E-state index in [0.717, 1.165) is 26.2 Å². The molecule has 5 heteroatoms. The summed E-state index contributed by atoms with van der Waals surface area (Å²) < 4.78 is 5.31. The largest absolute Gasteiger partial charge is 0.378 e. The molecule has 2 fully saturated rings. The van der Waals surface area contributed by atoms with Gasteiger partial charge < -0.3 is 15.0 Å². The summed E-state index contributed by atoms with van der Waals surface area (Å²) in [4.78, 5) is 18.6. The maximum Gasteiger partial charge on any atom is 0.227 e. The van der Waals surface area contributed by atoms with Crippen molar-refractivity contribution >= 4 is 5.91 Å². The molecule has 0 radical (unpaired) electrons. The lowest BCUT2D eigenvalue weighted by molar-refractivity contribution is -0.139. The van der Waals surface area contributed by atoms with Gasteiger partial charge >= 0.3 is 0 Å². The van der Waals surface area contributed by atoms with Crippen LogP contribution in [0.1, 0.15) is 11.5 Å². The average molecular weight is 261 g/mol. The van der Waals surface area contributed by atoms with Crippen molar-refractivity contribution in [3.8, 4) is 0 Å². The number of carbonyl (C=O) groups excluding carboxylic acids is 1. The third-order valence-electron chi connectivity index (χ3n) is 3.99. The summed E-state index contributed by atoms with van der Waals surface area (Å²) in [5.41, 5.74) is 1.20. The fourth-order valence-corrected chi connectivity index (χ4v) is 2.92. The topological polar surface area (TPSA) is 54.5 Å². The summed E-state index contributed by atoms with van der Waals surface area (Å²) in [6.07, 6.45) is 3.59. The van der Waals surface area contributed by atoms with E-state index in [4.69, 9.17) is 4.74 Å². The minimum Gasteiger partial charge on any atom is -0.378 e. The highest BCUT2D eigenvalue weighted by Crippen LogP contribution is 2.29. The molecule has 0 aliphatic carbocycles. The number of amides is 1. The number of morpholine rings is 1. The van der Waals surface area contributed by atoms with Crippen molar-refractivity contribution in [3.05, 3.63) is 30.1 Å². The molecule has 0 saturated carbocycles. The molecule has 0 spiro atoms. The Morgan fingerprint density at radius 3 is 2.74 bits per heavy atom. The van der Waals surface area contributed by atoms with E-state index in [9.17, 15) is 4.79 Å². The van der Waals surface area contributed by atoms with Crippen molar-refractivity contribution in [1.29, 1.82) is 0 Å². The maximum atomic E-state index is 12.6. The highest BCUT2D eigenvalue weighted by molar-refractivity contribution is 5.80. The van der Waals surface area contributed by atoms with E-state index in [1.165, 1.54) is 5.56 Å². The van der Waals surface area contributed by atoms with Crippen LogP contribution < -0.4 is 5.32 Å². The third-order valence-corrected chi connectivity index (χ3v) is 3.99. The smallest absolute Gasteiger partial charge is 0.227 e. The van der Waals surface area contributed by atoms with E-state index in [1.807, 2.05) is 17.0 Å². The number of hydrogen-bond donors (Lipinski definition) is 1. The first kappa shape index (κ1) is 12.6. The molecule has 5 nitrogen and oxygen atoms in total. The zero-order chi connectivity index (χ0) is 13.1. The molecule has 2 saturated heterocycles. The predicted octanol–water partition coefficient (Wildman–Crippen LogP) is 0.243.